The zero-order valence-electron chi connectivity index (χ0n) is 20.8. The van der Waals surface area contributed by atoms with Crippen molar-refractivity contribution in [3.63, 3.8) is 0 Å². The lowest BCUT2D eigenvalue weighted by Gasteiger charge is -2.16. The Labute approximate surface area is 203 Å². The number of carbonyl (C=O) groups is 1. The molecule has 0 saturated heterocycles. The summed E-state index contributed by atoms with van der Waals surface area (Å²) in [7, 11) is 3.36. The standard InChI is InChI=1S/C29H36N2O3/c1-5-6-12-25-23(18-28(34-4)26-15-14-24(33-3)19-27(25)26)13-16-29(32)31-21(2)9-7-10-22-11-8-17-30-20-22/h8,11,13-21H,5-7,9-10,12H2,1-4H3,(H,31,32)/b16-13+/t21-/m0/s1. The van der Waals surface area contributed by atoms with Gasteiger partial charge in [-0.15, -0.1) is 0 Å². The van der Waals surface area contributed by atoms with Gasteiger partial charge in [-0.3, -0.25) is 9.78 Å². The molecule has 5 heteroatoms. The van der Waals surface area contributed by atoms with Gasteiger partial charge in [0.2, 0.25) is 5.91 Å². The van der Waals surface area contributed by atoms with E-state index in [1.165, 1.54) is 11.1 Å². The van der Waals surface area contributed by atoms with Crippen LogP contribution in [0.25, 0.3) is 16.8 Å². The maximum absolute atomic E-state index is 12.6. The molecule has 180 valence electrons. The van der Waals surface area contributed by atoms with E-state index in [0.717, 1.165) is 66.4 Å². The molecule has 0 unspecified atom stereocenters. The Bertz CT molecular complexity index is 1110. The van der Waals surface area contributed by atoms with Crippen molar-refractivity contribution >= 4 is 22.8 Å². The largest absolute Gasteiger partial charge is 0.497 e. The van der Waals surface area contributed by atoms with Crippen molar-refractivity contribution in [1.82, 2.24) is 10.3 Å². The van der Waals surface area contributed by atoms with Gasteiger partial charge in [-0.2, -0.15) is 0 Å². The number of nitrogens with zero attached hydrogens (tertiary/aromatic N) is 1. The summed E-state index contributed by atoms with van der Waals surface area (Å²) in [6.45, 7) is 4.23. The van der Waals surface area contributed by atoms with Crippen LogP contribution in [0.2, 0.25) is 0 Å². The summed E-state index contributed by atoms with van der Waals surface area (Å²) >= 11 is 0. The fourth-order valence-electron chi connectivity index (χ4n) is 4.21. The number of amides is 1. The molecule has 3 rings (SSSR count). The fourth-order valence-corrected chi connectivity index (χ4v) is 4.21. The molecule has 0 radical (unpaired) electrons. The number of carbonyl (C=O) groups excluding carboxylic acids is 1. The Hall–Kier alpha value is -3.34. The smallest absolute Gasteiger partial charge is 0.244 e. The van der Waals surface area contributed by atoms with E-state index in [0.29, 0.717) is 0 Å². The van der Waals surface area contributed by atoms with Crippen LogP contribution in [0.4, 0.5) is 0 Å². The van der Waals surface area contributed by atoms with Crippen LogP contribution < -0.4 is 14.8 Å². The van der Waals surface area contributed by atoms with E-state index in [-0.39, 0.29) is 11.9 Å². The van der Waals surface area contributed by atoms with Crippen LogP contribution in [0.1, 0.15) is 56.2 Å². The molecule has 0 spiro atoms. The minimum absolute atomic E-state index is 0.0833. The number of fused-ring (bicyclic) bond motifs is 1. The van der Waals surface area contributed by atoms with Gasteiger partial charge in [0, 0.05) is 29.9 Å². The highest BCUT2D eigenvalue weighted by Gasteiger charge is 2.13. The Morgan fingerprint density at radius 3 is 2.65 bits per heavy atom. The molecule has 0 bridgehead atoms. The summed E-state index contributed by atoms with van der Waals surface area (Å²) in [6, 6.07) is 12.2. The Morgan fingerprint density at radius 1 is 1.09 bits per heavy atom. The van der Waals surface area contributed by atoms with Gasteiger partial charge >= 0.3 is 0 Å². The van der Waals surface area contributed by atoms with Gasteiger partial charge in [-0.25, -0.2) is 0 Å². The van der Waals surface area contributed by atoms with Crippen molar-refractivity contribution in [2.45, 2.75) is 58.4 Å². The summed E-state index contributed by atoms with van der Waals surface area (Å²) in [6.07, 6.45) is 13.2. The Balaban J connectivity index is 1.73. The normalized spacial score (nSPS) is 12.1. The first-order chi connectivity index (χ1) is 16.5. The average Bonchev–Trinajstić information content (AvgIpc) is 2.86. The zero-order valence-corrected chi connectivity index (χ0v) is 20.8. The van der Waals surface area contributed by atoms with Crippen LogP contribution in [0.3, 0.4) is 0 Å². The number of aryl methyl sites for hydroxylation is 2. The summed E-state index contributed by atoms with van der Waals surface area (Å²) in [5.41, 5.74) is 3.44. The third-order valence-electron chi connectivity index (χ3n) is 6.08. The number of hydrogen-bond donors (Lipinski definition) is 1. The number of hydrogen-bond acceptors (Lipinski definition) is 4. The molecule has 0 aliphatic rings. The number of pyridine rings is 1. The highest BCUT2D eigenvalue weighted by molar-refractivity contribution is 5.97. The molecular formula is C29H36N2O3. The monoisotopic (exact) mass is 460 g/mol. The Kier molecular flexibility index (Phi) is 9.51. The van der Waals surface area contributed by atoms with Gasteiger partial charge in [-0.1, -0.05) is 19.4 Å². The lowest BCUT2D eigenvalue weighted by molar-refractivity contribution is -0.117. The fraction of sp³-hybridized carbons (Fsp3) is 0.379. The van der Waals surface area contributed by atoms with Gasteiger partial charge in [0.05, 0.1) is 14.2 Å². The molecule has 0 aliphatic carbocycles. The van der Waals surface area contributed by atoms with E-state index in [9.17, 15) is 4.79 Å². The molecule has 1 aromatic heterocycles. The SMILES string of the molecule is CCCCc1c(/C=C/C(=O)N[C@@H](C)CCCc2cccnc2)cc(OC)c2ccc(OC)cc12. The second kappa shape index (κ2) is 12.8. The quantitative estimate of drug-likeness (QED) is 0.330. The molecule has 0 saturated carbocycles. The maximum Gasteiger partial charge on any atom is 0.244 e. The van der Waals surface area contributed by atoms with Crippen LogP contribution in [-0.2, 0) is 17.6 Å². The highest BCUT2D eigenvalue weighted by atomic mass is 16.5. The predicted molar refractivity (Wildman–Crippen MR) is 139 cm³/mol. The third kappa shape index (κ3) is 6.83. The van der Waals surface area contributed by atoms with Gasteiger partial charge in [0.15, 0.2) is 0 Å². The second-order valence-corrected chi connectivity index (χ2v) is 8.66. The van der Waals surface area contributed by atoms with Crippen LogP contribution in [0, 0.1) is 0 Å². The van der Waals surface area contributed by atoms with E-state index in [2.05, 4.69) is 29.4 Å². The number of aromatic nitrogens is 1. The molecule has 1 amide bonds. The predicted octanol–water partition coefficient (Wildman–Crippen LogP) is 6.14. The van der Waals surface area contributed by atoms with Crippen molar-refractivity contribution in [2.75, 3.05) is 14.2 Å². The first kappa shape index (κ1) is 25.3. The van der Waals surface area contributed by atoms with Crippen molar-refractivity contribution in [1.29, 1.82) is 0 Å². The summed E-state index contributed by atoms with van der Waals surface area (Å²) in [5, 5.41) is 5.25. The molecule has 1 atom stereocenters. The molecule has 0 aliphatic heterocycles. The molecule has 34 heavy (non-hydrogen) atoms. The van der Waals surface area contributed by atoms with Gasteiger partial charge in [0.25, 0.3) is 0 Å². The van der Waals surface area contributed by atoms with E-state index in [1.807, 2.05) is 43.5 Å². The van der Waals surface area contributed by atoms with Gasteiger partial charge < -0.3 is 14.8 Å². The van der Waals surface area contributed by atoms with Gasteiger partial charge in [0.1, 0.15) is 11.5 Å². The summed E-state index contributed by atoms with van der Waals surface area (Å²) in [4.78, 5) is 16.8. The number of rotatable bonds is 12. The second-order valence-electron chi connectivity index (χ2n) is 8.66. The number of unbranched alkanes of at least 4 members (excludes halogenated alkanes) is 1. The zero-order chi connectivity index (χ0) is 24.3. The first-order valence-electron chi connectivity index (χ1n) is 12.1. The van der Waals surface area contributed by atoms with Gasteiger partial charge in [-0.05, 0) is 97.5 Å². The molecule has 1 heterocycles. The minimum Gasteiger partial charge on any atom is -0.497 e. The van der Waals surface area contributed by atoms with Crippen molar-refractivity contribution in [3.8, 4) is 11.5 Å². The molecule has 3 aromatic rings. The topological polar surface area (TPSA) is 60.5 Å². The van der Waals surface area contributed by atoms with E-state index >= 15 is 0 Å². The molecular weight excluding hydrogens is 424 g/mol. The number of methoxy groups -OCH3 is 2. The van der Waals surface area contributed by atoms with E-state index in [1.54, 1.807) is 26.5 Å². The lowest BCUT2D eigenvalue weighted by Crippen LogP contribution is -2.31. The van der Waals surface area contributed by atoms with E-state index < -0.39 is 0 Å². The molecule has 5 nitrogen and oxygen atoms in total. The van der Waals surface area contributed by atoms with Crippen LogP contribution >= 0.6 is 0 Å². The number of ether oxygens (including phenoxy) is 2. The number of nitrogens with one attached hydrogen (secondary N) is 1. The van der Waals surface area contributed by atoms with Crippen LogP contribution in [0.5, 0.6) is 11.5 Å². The average molecular weight is 461 g/mol. The van der Waals surface area contributed by atoms with E-state index in [4.69, 9.17) is 9.47 Å². The van der Waals surface area contributed by atoms with Crippen LogP contribution in [-0.4, -0.2) is 31.2 Å². The highest BCUT2D eigenvalue weighted by Crippen LogP contribution is 2.35. The van der Waals surface area contributed by atoms with Crippen LogP contribution in [0.15, 0.2) is 54.9 Å². The maximum atomic E-state index is 12.6. The first-order valence-corrected chi connectivity index (χ1v) is 12.1. The lowest BCUT2D eigenvalue weighted by atomic mass is 9.93. The van der Waals surface area contributed by atoms with Crippen molar-refractivity contribution in [3.05, 3.63) is 71.6 Å². The third-order valence-corrected chi connectivity index (χ3v) is 6.08. The Morgan fingerprint density at radius 2 is 1.94 bits per heavy atom. The van der Waals surface area contributed by atoms with Crippen molar-refractivity contribution < 1.29 is 14.3 Å². The molecule has 1 N–H and O–H groups in total. The molecule has 2 aromatic carbocycles. The number of benzene rings is 2. The van der Waals surface area contributed by atoms with Crippen molar-refractivity contribution in [2.24, 2.45) is 0 Å². The summed E-state index contributed by atoms with van der Waals surface area (Å²) in [5.74, 6) is 1.52. The molecule has 0 fully saturated rings. The summed E-state index contributed by atoms with van der Waals surface area (Å²) < 4.78 is 11.1. The minimum atomic E-state index is -0.0833.